The zero-order chi connectivity index (χ0) is 28.5. The monoisotopic (exact) mass is 558 g/mol. The number of amides is 1. The number of nitrogens with one attached hydrogen (secondary N) is 1. The van der Waals surface area contributed by atoms with Crippen molar-refractivity contribution in [2.45, 2.75) is 32.4 Å². The number of allylic oxidation sites excluding steroid dienone is 2. The van der Waals surface area contributed by atoms with Crippen LogP contribution in [0.3, 0.4) is 0 Å². The van der Waals surface area contributed by atoms with Gasteiger partial charge in [0.1, 0.15) is 11.1 Å². The second kappa shape index (κ2) is 11.0. The van der Waals surface area contributed by atoms with Crippen LogP contribution < -0.4 is 25.0 Å². The van der Waals surface area contributed by atoms with E-state index in [0.29, 0.717) is 41.2 Å². The Kier molecular flexibility index (Phi) is 7.10. The number of nitrogens with zero attached hydrogens (tertiary/aromatic N) is 3. The van der Waals surface area contributed by atoms with Gasteiger partial charge in [-0.05, 0) is 37.0 Å². The Hall–Kier alpha value is -4.77. The molecule has 10 nitrogen and oxygen atoms in total. The molecule has 0 saturated carbocycles. The lowest BCUT2D eigenvalue weighted by atomic mass is 10.0. The molecule has 3 aromatic heterocycles. The highest BCUT2D eigenvalue weighted by Gasteiger charge is 2.26. The van der Waals surface area contributed by atoms with E-state index >= 15 is 4.39 Å². The third-order valence-electron chi connectivity index (χ3n) is 7.15. The van der Waals surface area contributed by atoms with Crippen molar-refractivity contribution in [3.8, 4) is 23.1 Å². The van der Waals surface area contributed by atoms with Crippen LogP contribution in [0.2, 0.25) is 0 Å². The molecule has 0 atom stereocenters. The lowest BCUT2D eigenvalue weighted by molar-refractivity contribution is 0.0807. The number of pyridine rings is 3. The number of benzene rings is 1. The molecule has 0 radical (unpaired) electrons. The molecule has 0 bridgehead atoms. The second-order valence-corrected chi connectivity index (χ2v) is 9.64. The van der Waals surface area contributed by atoms with Gasteiger partial charge in [0, 0.05) is 48.4 Å². The van der Waals surface area contributed by atoms with E-state index in [9.17, 15) is 9.59 Å². The number of rotatable bonds is 7. The van der Waals surface area contributed by atoms with Crippen molar-refractivity contribution in [2.75, 3.05) is 26.1 Å². The fourth-order valence-corrected chi connectivity index (χ4v) is 5.13. The van der Waals surface area contributed by atoms with Crippen molar-refractivity contribution in [1.82, 2.24) is 14.5 Å². The van der Waals surface area contributed by atoms with E-state index in [1.807, 2.05) is 16.8 Å². The van der Waals surface area contributed by atoms with Gasteiger partial charge in [-0.15, -0.1) is 0 Å². The third-order valence-corrected chi connectivity index (χ3v) is 7.15. The van der Waals surface area contributed by atoms with Crippen LogP contribution in [0.4, 0.5) is 10.1 Å². The first-order valence-corrected chi connectivity index (χ1v) is 13.2. The largest absolute Gasteiger partial charge is 0.491 e. The van der Waals surface area contributed by atoms with Crippen LogP contribution >= 0.6 is 0 Å². The van der Waals surface area contributed by atoms with Crippen LogP contribution in [-0.4, -0.2) is 41.3 Å². The minimum atomic E-state index is -0.722. The van der Waals surface area contributed by atoms with Crippen LogP contribution in [0.5, 0.6) is 23.1 Å². The summed E-state index contributed by atoms with van der Waals surface area (Å²) < 4.78 is 39.1. The summed E-state index contributed by atoms with van der Waals surface area (Å²) in [4.78, 5) is 35.6. The van der Waals surface area contributed by atoms with Gasteiger partial charge in [0.05, 0.1) is 38.6 Å². The number of anilines is 1. The van der Waals surface area contributed by atoms with E-state index in [2.05, 4.69) is 15.3 Å². The van der Waals surface area contributed by atoms with Crippen LogP contribution in [0.15, 0.2) is 53.6 Å². The highest BCUT2D eigenvalue weighted by atomic mass is 19.1. The van der Waals surface area contributed by atoms with E-state index in [1.54, 1.807) is 12.1 Å². The lowest BCUT2D eigenvalue weighted by Gasteiger charge is -2.23. The van der Waals surface area contributed by atoms with Gasteiger partial charge in [-0.2, -0.15) is 0 Å². The van der Waals surface area contributed by atoms with Gasteiger partial charge in [-0.3, -0.25) is 14.6 Å². The zero-order valence-corrected chi connectivity index (χ0v) is 22.5. The number of halogens is 1. The molecule has 1 amide bonds. The van der Waals surface area contributed by atoms with E-state index < -0.39 is 11.7 Å². The summed E-state index contributed by atoms with van der Waals surface area (Å²) in [6.45, 7) is 1.17. The zero-order valence-electron chi connectivity index (χ0n) is 22.5. The normalized spacial score (nSPS) is 14.4. The van der Waals surface area contributed by atoms with Crippen LogP contribution in [0.1, 0.15) is 40.9 Å². The number of hydrogen-bond acceptors (Lipinski definition) is 8. The highest BCUT2D eigenvalue weighted by Crippen LogP contribution is 2.35. The number of carbonyl (C=O) groups is 1. The maximum absolute atomic E-state index is 15.2. The Bertz CT molecular complexity index is 1770. The summed E-state index contributed by atoms with van der Waals surface area (Å²) in [6, 6.07) is 7.23. The number of ether oxygens (including phenoxy) is 4. The second-order valence-electron chi connectivity index (χ2n) is 9.64. The maximum atomic E-state index is 15.2. The molecule has 1 aliphatic heterocycles. The summed E-state index contributed by atoms with van der Waals surface area (Å²) >= 11 is 0. The Morgan fingerprint density at radius 2 is 2.00 bits per heavy atom. The van der Waals surface area contributed by atoms with Gasteiger partial charge in [0.2, 0.25) is 5.43 Å². The number of methoxy groups -OCH3 is 2. The summed E-state index contributed by atoms with van der Waals surface area (Å²) in [5.41, 5.74) is 2.64. The molecule has 0 fully saturated rings. The SMILES string of the molecule is COc1cc2nccc(Oc3ccc(NC(=O)c4c5n(cc(C6=CCCC6)c4=O)CCOC5)cc3F)c2nc1OC. The van der Waals surface area contributed by atoms with Crippen molar-refractivity contribution < 1.29 is 28.1 Å². The maximum Gasteiger partial charge on any atom is 0.261 e. The molecule has 1 aromatic carbocycles. The fraction of sp³-hybridized carbons (Fsp3) is 0.267. The number of carbonyl (C=O) groups excluding carboxylic acids is 1. The smallest absolute Gasteiger partial charge is 0.261 e. The average molecular weight is 559 g/mol. The molecule has 1 aliphatic carbocycles. The molecule has 0 saturated heterocycles. The van der Waals surface area contributed by atoms with Crippen LogP contribution in [0, 0.1) is 5.82 Å². The van der Waals surface area contributed by atoms with Crippen LogP contribution in [-0.2, 0) is 17.9 Å². The lowest BCUT2D eigenvalue weighted by Crippen LogP contribution is -2.32. The molecule has 2 aliphatic rings. The molecule has 4 heterocycles. The number of fused-ring (bicyclic) bond motifs is 2. The first-order chi connectivity index (χ1) is 20.0. The number of aromatic nitrogens is 3. The summed E-state index contributed by atoms with van der Waals surface area (Å²) in [5, 5.41) is 2.68. The van der Waals surface area contributed by atoms with Gasteiger partial charge in [0.25, 0.3) is 11.8 Å². The molecule has 0 unspecified atom stereocenters. The van der Waals surface area contributed by atoms with Gasteiger partial charge in [-0.25, -0.2) is 9.37 Å². The fourth-order valence-electron chi connectivity index (χ4n) is 5.13. The minimum absolute atomic E-state index is 0.00874. The highest BCUT2D eigenvalue weighted by molar-refractivity contribution is 6.05. The van der Waals surface area contributed by atoms with Gasteiger partial charge in [0.15, 0.2) is 23.1 Å². The molecule has 4 aromatic rings. The van der Waals surface area contributed by atoms with Gasteiger partial charge < -0.3 is 28.8 Å². The Morgan fingerprint density at radius 3 is 2.76 bits per heavy atom. The Balaban J connectivity index is 1.29. The van der Waals surface area contributed by atoms with Gasteiger partial charge in [-0.1, -0.05) is 6.08 Å². The summed E-state index contributed by atoms with van der Waals surface area (Å²) in [7, 11) is 2.95. The summed E-state index contributed by atoms with van der Waals surface area (Å²) in [5.74, 6) is -0.553. The molecule has 6 rings (SSSR count). The average Bonchev–Trinajstić information content (AvgIpc) is 3.52. The van der Waals surface area contributed by atoms with E-state index in [1.165, 1.54) is 32.5 Å². The predicted molar refractivity (Wildman–Crippen MR) is 149 cm³/mol. The van der Waals surface area contributed by atoms with Crippen molar-refractivity contribution in [3.05, 3.63) is 81.7 Å². The first-order valence-electron chi connectivity index (χ1n) is 13.2. The van der Waals surface area contributed by atoms with Gasteiger partial charge >= 0.3 is 0 Å². The van der Waals surface area contributed by atoms with Crippen molar-refractivity contribution >= 4 is 28.2 Å². The topological polar surface area (TPSA) is 114 Å². The quantitative estimate of drug-likeness (QED) is 0.334. The standard InChI is InChI=1S/C30H27FN4O6/c1-38-25-14-21-27(34-30(25)39-2)24(9-10-32-21)41-23-8-7-18(13-20(23)31)33-29(37)26-22-16-40-12-11-35(22)15-19(28(26)36)17-5-3-4-6-17/h5,7-10,13-15H,3-4,6,11-12,16H2,1-2H3,(H,33,37). The van der Waals surface area contributed by atoms with E-state index in [0.717, 1.165) is 30.9 Å². The number of hydrogen-bond donors (Lipinski definition) is 1. The van der Waals surface area contributed by atoms with Crippen molar-refractivity contribution in [2.24, 2.45) is 0 Å². The molecule has 41 heavy (non-hydrogen) atoms. The molecular weight excluding hydrogens is 531 g/mol. The van der Waals surface area contributed by atoms with E-state index in [4.69, 9.17) is 18.9 Å². The molecule has 11 heteroatoms. The third kappa shape index (κ3) is 5.00. The Morgan fingerprint density at radius 1 is 1.12 bits per heavy atom. The molecular formula is C30H27FN4O6. The molecule has 1 N–H and O–H groups in total. The Labute approximate surface area is 234 Å². The molecule has 210 valence electrons. The molecule has 0 spiro atoms. The minimum Gasteiger partial charge on any atom is -0.491 e. The first kappa shape index (κ1) is 26.5. The van der Waals surface area contributed by atoms with Crippen molar-refractivity contribution in [3.63, 3.8) is 0 Å². The van der Waals surface area contributed by atoms with Crippen LogP contribution in [0.25, 0.3) is 16.6 Å². The van der Waals surface area contributed by atoms with E-state index in [-0.39, 0.29) is 40.7 Å². The predicted octanol–water partition coefficient (Wildman–Crippen LogP) is 5.09. The van der Waals surface area contributed by atoms with Crippen molar-refractivity contribution in [1.29, 1.82) is 0 Å². The summed E-state index contributed by atoms with van der Waals surface area (Å²) in [6.07, 6.45) is 8.05.